The Hall–Kier alpha value is -3.85. The number of benzene rings is 1. The van der Waals surface area contributed by atoms with Crippen molar-refractivity contribution in [3.8, 4) is 17.1 Å². The first-order valence-corrected chi connectivity index (χ1v) is 15.3. The third-order valence-electron chi connectivity index (χ3n) is 8.74. The van der Waals surface area contributed by atoms with Crippen molar-refractivity contribution < 1.29 is 23.5 Å². The number of piperidine rings is 1. The Morgan fingerprint density at radius 3 is 2.42 bits per heavy atom. The number of carbonyl (C=O) groups excluding carboxylic acids is 2. The topological polar surface area (TPSA) is 84.9 Å². The quantitative estimate of drug-likeness (QED) is 0.313. The fourth-order valence-corrected chi connectivity index (χ4v) is 6.35. The van der Waals surface area contributed by atoms with Crippen LogP contribution in [0.2, 0.25) is 0 Å². The van der Waals surface area contributed by atoms with Gasteiger partial charge in [-0.1, -0.05) is 0 Å². The normalized spacial score (nSPS) is 17.7. The van der Waals surface area contributed by atoms with Crippen LogP contribution in [0.1, 0.15) is 88.7 Å². The van der Waals surface area contributed by atoms with Crippen molar-refractivity contribution in [2.75, 3.05) is 26.7 Å². The van der Waals surface area contributed by atoms with Crippen LogP contribution in [0.15, 0.2) is 36.4 Å². The van der Waals surface area contributed by atoms with Gasteiger partial charge in [-0.25, -0.2) is 14.2 Å². The van der Waals surface area contributed by atoms with Gasteiger partial charge in [0.05, 0.1) is 41.4 Å². The smallest absolute Gasteiger partial charge is 0.339 e. The third kappa shape index (κ3) is 6.13. The van der Waals surface area contributed by atoms with Crippen LogP contribution in [0, 0.1) is 12.7 Å². The molecule has 0 bridgehead atoms. The van der Waals surface area contributed by atoms with E-state index in [1.165, 1.54) is 24.8 Å². The summed E-state index contributed by atoms with van der Waals surface area (Å²) in [6.45, 7) is 8.82. The molecule has 2 aromatic heterocycles. The van der Waals surface area contributed by atoms with Crippen LogP contribution >= 0.6 is 0 Å². The zero-order valence-corrected chi connectivity index (χ0v) is 25.4. The van der Waals surface area contributed by atoms with E-state index in [4.69, 9.17) is 14.5 Å². The summed E-state index contributed by atoms with van der Waals surface area (Å²) in [7, 11) is 1.34. The summed E-state index contributed by atoms with van der Waals surface area (Å²) in [5.41, 5.74) is 6.26. The number of amides is 1. The summed E-state index contributed by atoms with van der Waals surface area (Å²) in [4.78, 5) is 39.8. The summed E-state index contributed by atoms with van der Waals surface area (Å²) in [5.74, 6) is 0.309. The summed E-state index contributed by atoms with van der Waals surface area (Å²) in [5, 5.41) is 0. The molecule has 0 unspecified atom stereocenters. The number of aryl methyl sites for hydroxylation is 1. The van der Waals surface area contributed by atoms with Gasteiger partial charge >= 0.3 is 5.97 Å². The maximum absolute atomic E-state index is 13.7. The van der Waals surface area contributed by atoms with Gasteiger partial charge in [-0.3, -0.25) is 14.7 Å². The first kappa shape index (κ1) is 29.2. The maximum atomic E-state index is 13.7. The molecule has 0 radical (unpaired) electrons. The number of hydrogen-bond acceptors (Lipinski definition) is 7. The minimum Gasteiger partial charge on any atom is -0.475 e. The van der Waals surface area contributed by atoms with Crippen molar-refractivity contribution in [1.82, 2.24) is 19.8 Å². The number of nitrogens with zero attached hydrogens (tertiary/aromatic N) is 4. The minimum absolute atomic E-state index is 0.0317. The van der Waals surface area contributed by atoms with Crippen molar-refractivity contribution in [2.24, 2.45) is 0 Å². The Bertz CT molecular complexity index is 1530. The van der Waals surface area contributed by atoms with E-state index in [0.29, 0.717) is 48.1 Å². The first-order chi connectivity index (χ1) is 20.7. The van der Waals surface area contributed by atoms with E-state index in [-0.39, 0.29) is 23.9 Å². The predicted octanol–water partition coefficient (Wildman–Crippen LogP) is 5.71. The number of halogens is 1. The van der Waals surface area contributed by atoms with Crippen LogP contribution in [0.4, 0.5) is 4.39 Å². The van der Waals surface area contributed by atoms with Gasteiger partial charge in [-0.05, 0) is 94.3 Å². The molecule has 1 amide bonds. The van der Waals surface area contributed by atoms with Gasteiger partial charge in [0, 0.05) is 49.8 Å². The standard InChI is InChI=1S/C34H39FN4O4/c1-20(2)43-32-24(17-28(22-5-6-22)31(37-32)23-7-9-25(35)10-8-23)19-38-14-11-26(12-15-38)39-16-13-30-29(33(39)40)18-27(21(3)36-30)34(41)42-4/h7-10,17-18,20,22,26H,5-6,11-16,19H2,1-4H3. The third-order valence-corrected chi connectivity index (χ3v) is 8.74. The van der Waals surface area contributed by atoms with Gasteiger partial charge < -0.3 is 14.4 Å². The number of fused-ring (bicyclic) bond motifs is 1. The van der Waals surface area contributed by atoms with Crippen LogP contribution in [-0.2, 0) is 17.7 Å². The number of rotatable bonds is 8. The number of ether oxygens (including phenoxy) is 2. The lowest BCUT2D eigenvalue weighted by atomic mass is 9.95. The van der Waals surface area contributed by atoms with Crippen LogP contribution in [0.25, 0.3) is 11.3 Å². The first-order valence-electron chi connectivity index (χ1n) is 15.3. The van der Waals surface area contributed by atoms with E-state index in [1.807, 2.05) is 18.7 Å². The lowest BCUT2D eigenvalue weighted by Crippen LogP contribution is -2.50. The van der Waals surface area contributed by atoms with E-state index < -0.39 is 5.97 Å². The number of pyridine rings is 2. The van der Waals surface area contributed by atoms with Crippen LogP contribution in [-0.4, -0.2) is 70.5 Å². The lowest BCUT2D eigenvalue weighted by molar-refractivity contribution is 0.0542. The summed E-state index contributed by atoms with van der Waals surface area (Å²) in [6.07, 6.45) is 4.64. The highest BCUT2D eigenvalue weighted by molar-refractivity contribution is 6.00. The molecule has 1 aromatic carbocycles. The second kappa shape index (κ2) is 12.0. The number of hydrogen-bond donors (Lipinski definition) is 0. The molecule has 6 rings (SSSR count). The average molecular weight is 587 g/mol. The zero-order chi connectivity index (χ0) is 30.2. The van der Waals surface area contributed by atoms with Crippen molar-refractivity contribution in [3.05, 3.63) is 75.9 Å². The highest BCUT2D eigenvalue weighted by atomic mass is 19.1. The number of methoxy groups -OCH3 is 1. The highest BCUT2D eigenvalue weighted by Gasteiger charge is 2.35. The summed E-state index contributed by atoms with van der Waals surface area (Å²) >= 11 is 0. The van der Waals surface area contributed by atoms with Gasteiger partial charge in [0.2, 0.25) is 5.88 Å². The van der Waals surface area contributed by atoms with Crippen molar-refractivity contribution >= 4 is 11.9 Å². The molecule has 226 valence electrons. The van der Waals surface area contributed by atoms with E-state index in [2.05, 4.69) is 16.0 Å². The largest absolute Gasteiger partial charge is 0.475 e. The molecule has 1 saturated carbocycles. The Kier molecular flexibility index (Phi) is 8.18. The fraction of sp³-hybridized carbons (Fsp3) is 0.471. The average Bonchev–Trinajstić information content (AvgIpc) is 3.84. The molecule has 43 heavy (non-hydrogen) atoms. The lowest BCUT2D eigenvalue weighted by Gasteiger charge is -2.40. The highest BCUT2D eigenvalue weighted by Crippen LogP contribution is 2.45. The van der Waals surface area contributed by atoms with Crippen LogP contribution in [0.3, 0.4) is 0 Å². The number of carbonyl (C=O) groups is 2. The summed E-state index contributed by atoms with van der Waals surface area (Å²) < 4.78 is 24.8. The molecule has 4 heterocycles. The molecule has 3 aromatic rings. The van der Waals surface area contributed by atoms with E-state index in [9.17, 15) is 14.0 Å². The molecule has 0 spiro atoms. The van der Waals surface area contributed by atoms with E-state index in [0.717, 1.165) is 61.3 Å². The molecule has 2 aliphatic heterocycles. The Labute approximate surface area is 252 Å². The van der Waals surface area contributed by atoms with Gasteiger partial charge in [0.25, 0.3) is 5.91 Å². The van der Waals surface area contributed by atoms with E-state index in [1.54, 1.807) is 25.1 Å². The fourth-order valence-electron chi connectivity index (χ4n) is 6.35. The molecular formula is C34H39FN4O4. The monoisotopic (exact) mass is 586 g/mol. The maximum Gasteiger partial charge on any atom is 0.339 e. The number of esters is 1. The van der Waals surface area contributed by atoms with Crippen molar-refractivity contribution in [2.45, 2.75) is 77.5 Å². The van der Waals surface area contributed by atoms with E-state index >= 15 is 0 Å². The van der Waals surface area contributed by atoms with Gasteiger partial charge in [-0.2, -0.15) is 0 Å². The molecule has 2 fully saturated rings. The molecule has 1 saturated heterocycles. The van der Waals surface area contributed by atoms with Gasteiger partial charge in [-0.15, -0.1) is 0 Å². The molecule has 0 N–H and O–H groups in total. The second-order valence-electron chi connectivity index (χ2n) is 12.2. The number of aromatic nitrogens is 2. The molecular weight excluding hydrogens is 547 g/mol. The Morgan fingerprint density at radius 2 is 1.77 bits per heavy atom. The van der Waals surface area contributed by atoms with Crippen LogP contribution < -0.4 is 4.74 Å². The van der Waals surface area contributed by atoms with Crippen molar-refractivity contribution in [3.63, 3.8) is 0 Å². The Balaban J connectivity index is 1.18. The minimum atomic E-state index is -0.475. The number of likely N-dealkylation sites (tertiary alicyclic amines) is 1. The SMILES string of the molecule is COC(=O)c1cc2c(nc1C)CCN(C1CCN(Cc3cc(C4CC4)c(-c4ccc(F)cc4)nc3OC(C)C)CC1)C2=O. The van der Waals surface area contributed by atoms with Gasteiger partial charge in [0.1, 0.15) is 5.82 Å². The second-order valence-corrected chi connectivity index (χ2v) is 12.2. The van der Waals surface area contributed by atoms with Gasteiger partial charge in [0.15, 0.2) is 0 Å². The molecule has 3 aliphatic rings. The van der Waals surface area contributed by atoms with Crippen molar-refractivity contribution in [1.29, 1.82) is 0 Å². The molecule has 8 nitrogen and oxygen atoms in total. The molecule has 0 atom stereocenters. The zero-order valence-electron chi connectivity index (χ0n) is 25.4. The molecule has 9 heteroatoms. The Morgan fingerprint density at radius 1 is 1.05 bits per heavy atom. The molecule has 1 aliphatic carbocycles. The predicted molar refractivity (Wildman–Crippen MR) is 161 cm³/mol. The summed E-state index contributed by atoms with van der Waals surface area (Å²) in [6, 6.07) is 10.6. The van der Waals surface area contributed by atoms with Crippen LogP contribution in [0.5, 0.6) is 5.88 Å².